The van der Waals surface area contributed by atoms with Crippen molar-refractivity contribution in [2.24, 2.45) is 7.05 Å². The molecule has 0 saturated heterocycles. The van der Waals surface area contributed by atoms with Gasteiger partial charge in [-0.25, -0.2) is 4.98 Å². The first-order chi connectivity index (χ1) is 14.4. The lowest BCUT2D eigenvalue weighted by atomic mass is 9.95. The Morgan fingerprint density at radius 2 is 1.67 bits per heavy atom. The molecule has 1 aliphatic carbocycles. The molecule has 0 bridgehead atoms. The third-order valence-corrected chi connectivity index (χ3v) is 6.31. The van der Waals surface area contributed by atoms with Crippen LogP contribution in [0.15, 0.2) is 18.2 Å². The van der Waals surface area contributed by atoms with Gasteiger partial charge in [-0.2, -0.15) is 5.10 Å². The summed E-state index contributed by atoms with van der Waals surface area (Å²) in [5.41, 5.74) is 10.2. The Morgan fingerprint density at radius 1 is 0.967 bits per heavy atom. The van der Waals surface area contributed by atoms with E-state index in [1.165, 1.54) is 54.4 Å². The molecular formula is C25H35N5. The van der Waals surface area contributed by atoms with E-state index in [-0.39, 0.29) is 0 Å². The summed E-state index contributed by atoms with van der Waals surface area (Å²) in [4.78, 5) is 4.90. The van der Waals surface area contributed by atoms with Gasteiger partial charge in [0.1, 0.15) is 16.7 Å². The van der Waals surface area contributed by atoms with E-state index in [0.717, 1.165) is 41.2 Å². The SMILES string of the molecule is Cc1cc(C)c(-c2nn(C)c3c(NCCNC4CCCCC4)cc(C)nc23)c(C)c1. The molecule has 0 spiro atoms. The number of aromatic nitrogens is 3. The summed E-state index contributed by atoms with van der Waals surface area (Å²) in [7, 11) is 2.02. The van der Waals surface area contributed by atoms with Gasteiger partial charge in [0.15, 0.2) is 0 Å². The first-order valence-electron chi connectivity index (χ1n) is 11.3. The molecule has 1 fully saturated rings. The second-order valence-corrected chi connectivity index (χ2v) is 8.97. The van der Waals surface area contributed by atoms with Crippen LogP contribution in [0, 0.1) is 27.7 Å². The van der Waals surface area contributed by atoms with E-state index in [1.807, 2.05) is 11.7 Å². The summed E-state index contributed by atoms with van der Waals surface area (Å²) in [6, 6.07) is 7.29. The second kappa shape index (κ2) is 8.76. The van der Waals surface area contributed by atoms with Crippen LogP contribution in [0.4, 0.5) is 5.69 Å². The van der Waals surface area contributed by atoms with Crippen molar-refractivity contribution < 1.29 is 0 Å². The number of pyridine rings is 1. The second-order valence-electron chi connectivity index (χ2n) is 8.97. The van der Waals surface area contributed by atoms with Crippen molar-refractivity contribution >= 4 is 16.7 Å². The minimum absolute atomic E-state index is 0.690. The number of hydrogen-bond acceptors (Lipinski definition) is 4. The fourth-order valence-corrected chi connectivity index (χ4v) is 5.04. The number of nitrogens with zero attached hydrogens (tertiary/aromatic N) is 3. The van der Waals surface area contributed by atoms with E-state index >= 15 is 0 Å². The smallest absolute Gasteiger partial charge is 0.119 e. The highest BCUT2D eigenvalue weighted by molar-refractivity contribution is 5.98. The molecule has 0 atom stereocenters. The Kier molecular flexibility index (Phi) is 6.09. The third kappa shape index (κ3) is 4.22. The predicted molar refractivity (Wildman–Crippen MR) is 126 cm³/mol. The lowest BCUT2D eigenvalue weighted by Gasteiger charge is -2.23. The number of benzene rings is 1. The molecule has 1 saturated carbocycles. The van der Waals surface area contributed by atoms with Crippen molar-refractivity contribution in [1.82, 2.24) is 20.1 Å². The van der Waals surface area contributed by atoms with Crippen LogP contribution in [0.2, 0.25) is 0 Å². The number of rotatable bonds is 6. The van der Waals surface area contributed by atoms with Crippen molar-refractivity contribution in [2.75, 3.05) is 18.4 Å². The molecule has 2 heterocycles. The average molecular weight is 406 g/mol. The van der Waals surface area contributed by atoms with E-state index in [0.29, 0.717) is 6.04 Å². The Labute approximate surface area is 180 Å². The number of fused-ring (bicyclic) bond motifs is 1. The van der Waals surface area contributed by atoms with Crippen molar-refractivity contribution in [1.29, 1.82) is 0 Å². The monoisotopic (exact) mass is 405 g/mol. The molecule has 1 aromatic carbocycles. The topological polar surface area (TPSA) is 54.8 Å². The maximum atomic E-state index is 4.91. The van der Waals surface area contributed by atoms with Gasteiger partial charge in [0.25, 0.3) is 0 Å². The van der Waals surface area contributed by atoms with Crippen molar-refractivity contribution in [3.05, 3.63) is 40.6 Å². The van der Waals surface area contributed by atoms with Gasteiger partial charge in [-0.1, -0.05) is 37.0 Å². The quantitative estimate of drug-likeness (QED) is 0.553. The zero-order valence-electron chi connectivity index (χ0n) is 19.1. The summed E-state index contributed by atoms with van der Waals surface area (Å²) in [5, 5.41) is 12.3. The van der Waals surface area contributed by atoms with E-state index in [9.17, 15) is 0 Å². The molecule has 30 heavy (non-hydrogen) atoms. The maximum Gasteiger partial charge on any atom is 0.119 e. The van der Waals surface area contributed by atoms with Gasteiger partial charge in [0.05, 0.1) is 5.69 Å². The van der Waals surface area contributed by atoms with Gasteiger partial charge in [-0.05, 0) is 57.7 Å². The zero-order chi connectivity index (χ0) is 21.3. The van der Waals surface area contributed by atoms with Crippen molar-refractivity contribution in [3.63, 3.8) is 0 Å². The van der Waals surface area contributed by atoms with E-state index in [1.54, 1.807) is 0 Å². The largest absolute Gasteiger partial charge is 0.382 e. The van der Waals surface area contributed by atoms with E-state index in [2.05, 4.69) is 56.5 Å². The summed E-state index contributed by atoms with van der Waals surface area (Å²) in [6.07, 6.45) is 6.77. The molecule has 0 aliphatic heterocycles. The lowest BCUT2D eigenvalue weighted by molar-refractivity contribution is 0.378. The van der Waals surface area contributed by atoms with E-state index in [4.69, 9.17) is 10.1 Å². The van der Waals surface area contributed by atoms with Crippen LogP contribution in [0.1, 0.15) is 54.5 Å². The third-order valence-electron chi connectivity index (χ3n) is 6.31. The normalized spacial score (nSPS) is 15.1. The fourth-order valence-electron chi connectivity index (χ4n) is 5.04. The number of hydrogen-bond donors (Lipinski definition) is 2. The Balaban J connectivity index is 1.61. The van der Waals surface area contributed by atoms with Crippen LogP contribution in [0.3, 0.4) is 0 Å². The minimum atomic E-state index is 0.690. The molecule has 1 aliphatic rings. The molecule has 3 aromatic rings. The molecule has 0 unspecified atom stereocenters. The van der Waals surface area contributed by atoms with Crippen LogP contribution < -0.4 is 10.6 Å². The van der Waals surface area contributed by atoms with Gasteiger partial charge >= 0.3 is 0 Å². The highest BCUT2D eigenvalue weighted by Gasteiger charge is 2.19. The van der Waals surface area contributed by atoms with Crippen LogP contribution in [0.25, 0.3) is 22.3 Å². The van der Waals surface area contributed by atoms with Crippen LogP contribution >= 0.6 is 0 Å². The first-order valence-corrected chi connectivity index (χ1v) is 11.3. The Morgan fingerprint density at radius 3 is 2.37 bits per heavy atom. The fraction of sp³-hybridized carbons (Fsp3) is 0.520. The summed E-state index contributed by atoms with van der Waals surface area (Å²) >= 11 is 0. The van der Waals surface area contributed by atoms with Gasteiger partial charge in [-0.15, -0.1) is 0 Å². The lowest BCUT2D eigenvalue weighted by Crippen LogP contribution is -2.34. The molecule has 0 radical (unpaired) electrons. The van der Waals surface area contributed by atoms with Gasteiger partial charge in [0, 0.05) is 37.4 Å². The zero-order valence-corrected chi connectivity index (χ0v) is 19.1. The molecule has 5 heteroatoms. The number of anilines is 1. The molecule has 5 nitrogen and oxygen atoms in total. The molecular weight excluding hydrogens is 370 g/mol. The van der Waals surface area contributed by atoms with Crippen LogP contribution in [-0.2, 0) is 7.05 Å². The van der Waals surface area contributed by atoms with E-state index < -0.39 is 0 Å². The molecule has 0 amide bonds. The highest BCUT2D eigenvalue weighted by atomic mass is 15.3. The standard InChI is InChI=1S/C25H35N5/c1-16-13-17(2)22(18(3)14-16)23-24-25(30(5)29-23)21(15-19(4)28-24)27-12-11-26-20-9-7-6-8-10-20/h13-15,20,26H,6-12H2,1-5H3,(H,27,28). The Hall–Kier alpha value is -2.40. The number of aryl methyl sites for hydroxylation is 5. The molecule has 160 valence electrons. The average Bonchev–Trinajstić information content (AvgIpc) is 3.01. The Bertz CT molecular complexity index is 1020. The predicted octanol–water partition coefficient (Wildman–Crippen LogP) is 5.20. The summed E-state index contributed by atoms with van der Waals surface area (Å²) < 4.78 is 1.98. The van der Waals surface area contributed by atoms with Crippen molar-refractivity contribution in [3.8, 4) is 11.3 Å². The summed E-state index contributed by atoms with van der Waals surface area (Å²) in [5.74, 6) is 0. The number of nitrogens with one attached hydrogen (secondary N) is 2. The summed E-state index contributed by atoms with van der Waals surface area (Å²) in [6.45, 7) is 10.4. The van der Waals surface area contributed by atoms with Gasteiger partial charge < -0.3 is 10.6 Å². The van der Waals surface area contributed by atoms with Gasteiger partial charge in [-0.3, -0.25) is 4.68 Å². The highest BCUT2D eigenvalue weighted by Crippen LogP contribution is 2.35. The molecule has 4 rings (SSSR count). The maximum absolute atomic E-state index is 4.91. The van der Waals surface area contributed by atoms with Crippen molar-refractivity contribution in [2.45, 2.75) is 65.8 Å². The van der Waals surface area contributed by atoms with Crippen LogP contribution in [0.5, 0.6) is 0 Å². The van der Waals surface area contributed by atoms with Crippen LogP contribution in [-0.4, -0.2) is 33.9 Å². The minimum Gasteiger partial charge on any atom is -0.382 e. The first kappa shape index (κ1) is 20.9. The van der Waals surface area contributed by atoms with Gasteiger partial charge in [0.2, 0.25) is 0 Å². The molecule has 2 N–H and O–H groups in total. The molecule has 2 aromatic heterocycles.